The van der Waals surface area contributed by atoms with Crippen LogP contribution >= 0.6 is 0 Å². The second-order valence-corrected chi connectivity index (χ2v) is 7.32. The van der Waals surface area contributed by atoms with E-state index in [0.29, 0.717) is 31.3 Å². The summed E-state index contributed by atoms with van der Waals surface area (Å²) in [6, 6.07) is 3.94. The van der Waals surface area contributed by atoms with E-state index in [9.17, 15) is 4.79 Å². The first-order valence-corrected chi connectivity index (χ1v) is 11.1. The van der Waals surface area contributed by atoms with E-state index in [-0.39, 0.29) is 12.0 Å². The molecule has 0 saturated heterocycles. The number of nitrogens with zero attached hydrogens (tertiary/aromatic N) is 3. The molecule has 2 N–H and O–H groups in total. The number of pyridine rings is 1. The molecular formula is C22H37N5O2. The summed E-state index contributed by atoms with van der Waals surface area (Å²) >= 11 is 0. The van der Waals surface area contributed by atoms with Crippen LogP contribution in [0.1, 0.15) is 64.9 Å². The van der Waals surface area contributed by atoms with E-state index in [1.54, 1.807) is 6.20 Å². The maximum Gasteiger partial charge on any atom is 0.224 e. The van der Waals surface area contributed by atoms with Gasteiger partial charge in [0, 0.05) is 44.9 Å². The van der Waals surface area contributed by atoms with E-state index >= 15 is 0 Å². The predicted octanol–water partition coefficient (Wildman–Crippen LogP) is 3.11. The van der Waals surface area contributed by atoms with Crippen LogP contribution in [0.25, 0.3) is 0 Å². The summed E-state index contributed by atoms with van der Waals surface area (Å²) in [5, 5.41) is 6.48. The summed E-state index contributed by atoms with van der Waals surface area (Å²) in [6.07, 6.45) is 8.55. The molecule has 1 saturated carbocycles. The van der Waals surface area contributed by atoms with Gasteiger partial charge >= 0.3 is 0 Å². The van der Waals surface area contributed by atoms with Crippen molar-refractivity contribution in [1.82, 2.24) is 20.5 Å². The number of carbonyl (C=O) groups is 1. The Hall–Kier alpha value is -2.31. The first-order chi connectivity index (χ1) is 14.2. The second-order valence-electron chi connectivity index (χ2n) is 7.32. The SMILES string of the molecule is CCNC(=NCc1ccnc(OC2CCCCC2)c1)NCCC(=O)N(CC)CC. The lowest BCUT2D eigenvalue weighted by molar-refractivity contribution is -0.130. The average Bonchev–Trinajstić information content (AvgIpc) is 2.74. The Morgan fingerprint density at radius 2 is 1.97 bits per heavy atom. The molecule has 0 aromatic carbocycles. The number of amides is 1. The number of hydrogen-bond donors (Lipinski definition) is 2. The number of nitrogens with one attached hydrogen (secondary N) is 2. The molecule has 7 nitrogen and oxygen atoms in total. The molecule has 1 aliphatic carbocycles. The standard InChI is InChI=1S/C22H37N5O2/c1-4-23-22(25-15-13-21(28)27(5-2)6-3)26-17-18-12-14-24-20(16-18)29-19-10-8-7-9-11-19/h12,14,16,19H,4-11,13,15,17H2,1-3H3,(H2,23,25,26). The van der Waals surface area contributed by atoms with Gasteiger partial charge in [-0.1, -0.05) is 6.42 Å². The molecule has 1 amide bonds. The first kappa shape index (κ1) is 23.0. The van der Waals surface area contributed by atoms with Gasteiger partial charge in [-0.15, -0.1) is 0 Å². The molecule has 1 fully saturated rings. The van der Waals surface area contributed by atoms with E-state index < -0.39 is 0 Å². The summed E-state index contributed by atoms with van der Waals surface area (Å²) in [6.45, 7) is 9.38. The minimum absolute atomic E-state index is 0.164. The van der Waals surface area contributed by atoms with Gasteiger partial charge in [0.25, 0.3) is 0 Å². The minimum atomic E-state index is 0.164. The van der Waals surface area contributed by atoms with Crippen molar-refractivity contribution in [2.24, 2.45) is 4.99 Å². The quantitative estimate of drug-likeness (QED) is 0.464. The van der Waals surface area contributed by atoms with Gasteiger partial charge in [0.05, 0.1) is 6.54 Å². The summed E-state index contributed by atoms with van der Waals surface area (Å²) in [5.74, 6) is 1.57. The Bertz CT molecular complexity index is 640. The van der Waals surface area contributed by atoms with Crippen molar-refractivity contribution < 1.29 is 9.53 Å². The predicted molar refractivity (Wildman–Crippen MR) is 117 cm³/mol. The Morgan fingerprint density at radius 1 is 1.21 bits per heavy atom. The van der Waals surface area contributed by atoms with Crippen LogP contribution in [0.3, 0.4) is 0 Å². The van der Waals surface area contributed by atoms with Gasteiger partial charge in [-0.05, 0) is 58.1 Å². The highest BCUT2D eigenvalue weighted by molar-refractivity contribution is 5.81. The van der Waals surface area contributed by atoms with Gasteiger partial charge in [-0.25, -0.2) is 9.98 Å². The van der Waals surface area contributed by atoms with Crippen LogP contribution in [0.2, 0.25) is 0 Å². The van der Waals surface area contributed by atoms with Gasteiger partial charge in [-0.3, -0.25) is 4.79 Å². The van der Waals surface area contributed by atoms with Crippen molar-refractivity contribution in [1.29, 1.82) is 0 Å². The van der Waals surface area contributed by atoms with Crippen LogP contribution in [0, 0.1) is 0 Å². The highest BCUT2D eigenvalue weighted by Crippen LogP contribution is 2.22. The van der Waals surface area contributed by atoms with Crippen molar-refractivity contribution in [3.63, 3.8) is 0 Å². The Balaban J connectivity index is 1.86. The third-order valence-electron chi connectivity index (χ3n) is 5.15. The maximum absolute atomic E-state index is 12.1. The third kappa shape index (κ3) is 8.30. The smallest absolute Gasteiger partial charge is 0.224 e. The molecule has 0 bridgehead atoms. The molecular weight excluding hydrogens is 366 g/mol. The van der Waals surface area contributed by atoms with Crippen LogP contribution in [0.4, 0.5) is 0 Å². The summed E-state index contributed by atoms with van der Waals surface area (Å²) in [4.78, 5) is 23.0. The Labute approximate surface area is 175 Å². The highest BCUT2D eigenvalue weighted by atomic mass is 16.5. The van der Waals surface area contributed by atoms with E-state index in [1.807, 2.05) is 37.8 Å². The topological polar surface area (TPSA) is 78.9 Å². The molecule has 0 radical (unpaired) electrons. The molecule has 1 heterocycles. The molecule has 0 aliphatic heterocycles. The lowest BCUT2D eigenvalue weighted by Crippen LogP contribution is -2.40. The van der Waals surface area contributed by atoms with Gasteiger partial charge < -0.3 is 20.3 Å². The molecule has 0 atom stereocenters. The molecule has 1 aromatic rings. The van der Waals surface area contributed by atoms with E-state index in [2.05, 4.69) is 20.6 Å². The number of aliphatic imine (C=N–C) groups is 1. The molecule has 1 aromatic heterocycles. The molecule has 7 heteroatoms. The number of ether oxygens (including phenoxy) is 1. The lowest BCUT2D eigenvalue weighted by atomic mass is 9.98. The molecule has 1 aliphatic rings. The number of carbonyl (C=O) groups excluding carboxylic acids is 1. The van der Waals surface area contributed by atoms with Crippen LogP contribution in [-0.4, -0.2) is 54.0 Å². The van der Waals surface area contributed by atoms with Gasteiger partial charge in [0.15, 0.2) is 5.96 Å². The normalized spacial score (nSPS) is 15.1. The zero-order valence-electron chi connectivity index (χ0n) is 18.2. The van der Waals surface area contributed by atoms with Crippen LogP contribution < -0.4 is 15.4 Å². The van der Waals surface area contributed by atoms with Gasteiger partial charge in [0.2, 0.25) is 11.8 Å². The third-order valence-corrected chi connectivity index (χ3v) is 5.15. The van der Waals surface area contributed by atoms with Crippen molar-refractivity contribution in [2.45, 2.75) is 71.9 Å². The van der Waals surface area contributed by atoms with Gasteiger partial charge in [-0.2, -0.15) is 0 Å². The van der Waals surface area contributed by atoms with E-state index in [0.717, 1.165) is 38.0 Å². The summed E-state index contributed by atoms with van der Waals surface area (Å²) in [5.41, 5.74) is 1.06. The van der Waals surface area contributed by atoms with Crippen molar-refractivity contribution >= 4 is 11.9 Å². The zero-order valence-corrected chi connectivity index (χ0v) is 18.2. The molecule has 0 spiro atoms. The van der Waals surface area contributed by atoms with Crippen molar-refractivity contribution in [2.75, 3.05) is 26.2 Å². The summed E-state index contributed by atoms with van der Waals surface area (Å²) < 4.78 is 6.05. The number of rotatable bonds is 10. The molecule has 29 heavy (non-hydrogen) atoms. The minimum Gasteiger partial charge on any atom is -0.474 e. The maximum atomic E-state index is 12.1. The zero-order chi connectivity index (χ0) is 20.9. The second kappa shape index (κ2) is 13.0. The van der Waals surface area contributed by atoms with E-state index in [1.165, 1.54) is 19.3 Å². The summed E-state index contributed by atoms with van der Waals surface area (Å²) in [7, 11) is 0. The molecule has 162 valence electrons. The first-order valence-electron chi connectivity index (χ1n) is 11.1. The van der Waals surface area contributed by atoms with Crippen LogP contribution in [-0.2, 0) is 11.3 Å². The molecule has 0 unspecified atom stereocenters. The largest absolute Gasteiger partial charge is 0.474 e. The van der Waals surface area contributed by atoms with Gasteiger partial charge in [0.1, 0.15) is 6.10 Å². The number of hydrogen-bond acceptors (Lipinski definition) is 4. The van der Waals surface area contributed by atoms with Crippen LogP contribution in [0.5, 0.6) is 5.88 Å². The lowest BCUT2D eigenvalue weighted by Gasteiger charge is -2.22. The number of aromatic nitrogens is 1. The van der Waals surface area contributed by atoms with Crippen molar-refractivity contribution in [3.8, 4) is 5.88 Å². The average molecular weight is 404 g/mol. The fourth-order valence-corrected chi connectivity index (χ4v) is 3.50. The van der Waals surface area contributed by atoms with E-state index in [4.69, 9.17) is 4.74 Å². The fraction of sp³-hybridized carbons (Fsp3) is 0.682. The number of guanidine groups is 1. The van der Waals surface area contributed by atoms with Crippen LogP contribution in [0.15, 0.2) is 23.3 Å². The fourth-order valence-electron chi connectivity index (χ4n) is 3.50. The highest BCUT2D eigenvalue weighted by Gasteiger charge is 2.15. The molecule has 2 rings (SSSR count). The van der Waals surface area contributed by atoms with Crippen molar-refractivity contribution in [3.05, 3.63) is 23.9 Å². The Morgan fingerprint density at radius 3 is 2.66 bits per heavy atom. The Kier molecular flexibility index (Phi) is 10.3. The monoisotopic (exact) mass is 403 g/mol.